The van der Waals surface area contributed by atoms with Crippen LogP contribution in [-0.2, 0) is 4.79 Å². The lowest BCUT2D eigenvalue weighted by molar-refractivity contribution is -0.141. The molecule has 3 rings (SSSR count). The van der Waals surface area contributed by atoms with Gasteiger partial charge in [0.05, 0.1) is 5.92 Å². The third kappa shape index (κ3) is 1.91. The number of rotatable bonds is 1. The summed E-state index contributed by atoms with van der Waals surface area (Å²) in [6, 6.07) is 0. The summed E-state index contributed by atoms with van der Waals surface area (Å²) in [5.41, 5.74) is 4.97. The molecular weight excluding hydrogens is 212 g/mol. The minimum atomic E-state index is -0.677. The lowest BCUT2D eigenvalue weighted by Gasteiger charge is -2.02. The predicted octanol–water partition coefficient (Wildman–Crippen LogP) is 3.16. The van der Waals surface area contributed by atoms with Crippen LogP contribution in [0.5, 0.6) is 0 Å². The van der Waals surface area contributed by atoms with E-state index in [2.05, 4.69) is 24.3 Å². The van der Waals surface area contributed by atoms with Gasteiger partial charge in [-0.25, -0.2) is 0 Å². The fourth-order valence-electron chi connectivity index (χ4n) is 2.70. The Labute approximate surface area is 100 Å². The van der Waals surface area contributed by atoms with E-state index in [0.717, 1.165) is 6.42 Å². The van der Waals surface area contributed by atoms with Gasteiger partial charge >= 0.3 is 5.97 Å². The minimum absolute atomic E-state index is 0.234. The van der Waals surface area contributed by atoms with Gasteiger partial charge in [0.25, 0.3) is 0 Å². The highest BCUT2D eigenvalue weighted by molar-refractivity contribution is 5.73. The first kappa shape index (κ1) is 10.3. The van der Waals surface area contributed by atoms with Crippen molar-refractivity contribution in [3.8, 4) is 0 Å². The molecule has 0 aromatic carbocycles. The number of carbonyl (C=O) groups is 1. The van der Waals surface area contributed by atoms with Crippen LogP contribution in [0.15, 0.2) is 58.7 Å². The van der Waals surface area contributed by atoms with Crippen molar-refractivity contribution in [2.24, 2.45) is 5.92 Å². The van der Waals surface area contributed by atoms with Crippen LogP contribution in [-0.4, -0.2) is 11.1 Å². The van der Waals surface area contributed by atoms with E-state index in [9.17, 15) is 4.79 Å². The van der Waals surface area contributed by atoms with Crippen LogP contribution in [0.3, 0.4) is 0 Å². The van der Waals surface area contributed by atoms with Crippen LogP contribution in [0.2, 0.25) is 0 Å². The number of hydrogen-bond donors (Lipinski definition) is 1. The van der Waals surface area contributed by atoms with Crippen LogP contribution in [0.25, 0.3) is 0 Å². The second-order valence-corrected chi connectivity index (χ2v) is 4.83. The largest absolute Gasteiger partial charge is 0.481 e. The number of allylic oxidation sites excluding steroid dienone is 10. The molecule has 1 saturated carbocycles. The molecule has 86 valence electrons. The maximum atomic E-state index is 11.0. The Morgan fingerprint density at radius 2 is 1.59 bits per heavy atom. The topological polar surface area (TPSA) is 37.3 Å². The summed E-state index contributed by atoms with van der Waals surface area (Å²) in [5.74, 6) is -0.911. The lowest BCUT2D eigenvalue weighted by Crippen LogP contribution is -2.08. The van der Waals surface area contributed by atoms with Crippen molar-refractivity contribution in [2.75, 3.05) is 0 Å². The Morgan fingerprint density at radius 1 is 1.06 bits per heavy atom. The molecule has 3 aliphatic rings. The summed E-state index contributed by atoms with van der Waals surface area (Å²) in [6.07, 6.45) is 15.0. The van der Waals surface area contributed by atoms with Crippen molar-refractivity contribution in [3.63, 3.8) is 0 Å². The number of fused-ring (bicyclic) bond motifs is 3. The van der Waals surface area contributed by atoms with E-state index in [4.69, 9.17) is 5.11 Å². The predicted molar refractivity (Wildman–Crippen MR) is 66.4 cm³/mol. The number of carboxylic acid groups (broad SMARTS) is 1. The first-order valence-electron chi connectivity index (χ1n) is 5.93. The first-order valence-corrected chi connectivity index (χ1v) is 5.93. The molecule has 2 heteroatoms. The highest BCUT2D eigenvalue weighted by atomic mass is 16.4. The molecule has 0 aromatic heterocycles. The maximum absolute atomic E-state index is 11.0. The van der Waals surface area contributed by atoms with Gasteiger partial charge in [-0.05, 0) is 41.6 Å². The van der Waals surface area contributed by atoms with Gasteiger partial charge in [0.2, 0.25) is 0 Å². The summed E-state index contributed by atoms with van der Waals surface area (Å²) in [4.78, 5) is 11.0. The quantitative estimate of drug-likeness (QED) is 0.745. The number of aliphatic carboxylic acids is 1. The molecular formula is C15H14O2. The molecule has 2 bridgehead atoms. The molecule has 0 radical (unpaired) electrons. The van der Waals surface area contributed by atoms with Crippen LogP contribution in [0.1, 0.15) is 19.3 Å². The Bertz CT molecular complexity index is 487. The molecule has 0 heterocycles. The molecule has 0 aromatic rings. The molecule has 1 N–H and O–H groups in total. The fourth-order valence-corrected chi connectivity index (χ4v) is 2.70. The maximum Gasteiger partial charge on any atom is 0.307 e. The Hall–Kier alpha value is -1.83. The van der Waals surface area contributed by atoms with Gasteiger partial charge < -0.3 is 5.11 Å². The summed E-state index contributed by atoms with van der Waals surface area (Å²) < 4.78 is 0. The summed E-state index contributed by atoms with van der Waals surface area (Å²) in [6.45, 7) is 0. The Balaban J connectivity index is 2.03. The molecule has 0 spiro atoms. The highest BCUT2D eigenvalue weighted by Crippen LogP contribution is 2.40. The molecule has 17 heavy (non-hydrogen) atoms. The fraction of sp³-hybridized carbons (Fsp3) is 0.267. The van der Waals surface area contributed by atoms with Gasteiger partial charge in [0.15, 0.2) is 0 Å². The number of carboxylic acids is 1. The molecule has 1 fully saturated rings. The Kier molecular flexibility index (Phi) is 2.36. The van der Waals surface area contributed by atoms with E-state index in [0.29, 0.717) is 12.8 Å². The average Bonchev–Trinajstić information content (AvgIpc) is 2.47. The second-order valence-electron chi connectivity index (χ2n) is 4.83. The Morgan fingerprint density at radius 3 is 2.06 bits per heavy atom. The van der Waals surface area contributed by atoms with Crippen molar-refractivity contribution < 1.29 is 9.90 Å². The van der Waals surface area contributed by atoms with Gasteiger partial charge in [-0.2, -0.15) is 0 Å². The van der Waals surface area contributed by atoms with Gasteiger partial charge in [0.1, 0.15) is 0 Å². The van der Waals surface area contributed by atoms with Crippen LogP contribution >= 0.6 is 0 Å². The summed E-state index contributed by atoms with van der Waals surface area (Å²) in [7, 11) is 0. The smallest absolute Gasteiger partial charge is 0.307 e. The average molecular weight is 226 g/mol. The van der Waals surface area contributed by atoms with E-state index in [1.165, 1.54) is 22.3 Å². The van der Waals surface area contributed by atoms with Crippen LogP contribution < -0.4 is 0 Å². The SMILES string of the molecule is O=C(O)C1CC2=CC3=CC=CC=C(C=C2C1)C3. The van der Waals surface area contributed by atoms with E-state index in [-0.39, 0.29) is 5.92 Å². The normalized spacial score (nSPS) is 22.8. The van der Waals surface area contributed by atoms with Crippen molar-refractivity contribution in [2.45, 2.75) is 19.3 Å². The van der Waals surface area contributed by atoms with Gasteiger partial charge in [0, 0.05) is 0 Å². The lowest BCUT2D eigenvalue weighted by atomic mass is 10.0. The van der Waals surface area contributed by atoms with E-state index in [1.807, 2.05) is 12.2 Å². The second kappa shape index (κ2) is 3.88. The zero-order valence-corrected chi connectivity index (χ0v) is 9.52. The van der Waals surface area contributed by atoms with Crippen LogP contribution in [0.4, 0.5) is 0 Å². The minimum Gasteiger partial charge on any atom is -0.481 e. The van der Waals surface area contributed by atoms with Crippen molar-refractivity contribution in [1.29, 1.82) is 0 Å². The van der Waals surface area contributed by atoms with E-state index >= 15 is 0 Å². The van der Waals surface area contributed by atoms with Crippen molar-refractivity contribution in [3.05, 3.63) is 58.7 Å². The standard InChI is InChI=1S/C15H14O2/c16-15(17)14-8-12-6-10-3-1-2-4-11(5-10)7-13(12)9-14/h1-4,6-7,14H,5,8-9H2,(H,16,17). The molecule has 3 aliphatic carbocycles. The monoisotopic (exact) mass is 226 g/mol. The molecule has 2 nitrogen and oxygen atoms in total. The zero-order chi connectivity index (χ0) is 11.8. The van der Waals surface area contributed by atoms with Gasteiger partial charge in [-0.1, -0.05) is 36.5 Å². The third-order valence-electron chi connectivity index (χ3n) is 3.55. The summed E-state index contributed by atoms with van der Waals surface area (Å²) >= 11 is 0. The highest BCUT2D eigenvalue weighted by Gasteiger charge is 2.30. The zero-order valence-electron chi connectivity index (χ0n) is 9.52. The van der Waals surface area contributed by atoms with E-state index in [1.54, 1.807) is 0 Å². The van der Waals surface area contributed by atoms with Gasteiger partial charge in [-0.15, -0.1) is 0 Å². The number of hydrogen-bond acceptors (Lipinski definition) is 1. The van der Waals surface area contributed by atoms with E-state index < -0.39 is 5.97 Å². The van der Waals surface area contributed by atoms with Gasteiger partial charge in [-0.3, -0.25) is 4.79 Å². The third-order valence-corrected chi connectivity index (χ3v) is 3.55. The first-order chi connectivity index (χ1) is 8.22. The molecule has 0 saturated heterocycles. The molecule has 0 amide bonds. The summed E-state index contributed by atoms with van der Waals surface area (Å²) in [5, 5.41) is 9.09. The molecule has 0 unspecified atom stereocenters. The van der Waals surface area contributed by atoms with Crippen molar-refractivity contribution in [1.82, 2.24) is 0 Å². The van der Waals surface area contributed by atoms with Crippen LogP contribution in [0, 0.1) is 5.92 Å². The van der Waals surface area contributed by atoms with Crippen molar-refractivity contribution >= 4 is 5.97 Å². The molecule has 0 atom stereocenters. The molecule has 0 aliphatic heterocycles.